The number of nitrogen functional groups attached to an aromatic ring is 1. The van der Waals surface area contributed by atoms with Gasteiger partial charge in [0.2, 0.25) is 5.91 Å². The van der Waals surface area contributed by atoms with E-state index < -0.39 is 5.91 Å². The SMILES string of the molecule is NC(=O)c1cc(N)cc(C(=O)NC2CCOCC2)c1. The maximum absolute atomic E-state index is 12.1. The lowest BCUT2D eigenvalue weighted by molar-refractivity contribution is 0.0696. The van der Waals surface area contributed by atoms with E-state index in [1.807, 2.05) is 0 Å². The maximum atomic E-state index is 12.1. The lowest BCUT2D eigenvalue weighted by Crippen LogP contribution is -2.39. The third-order valence-electron chi connectivity index (χ3n) is 3.06. The molecule has 2 rings (SSSR count). The van der Waals surface area contributed by atoms with E-state index in [0.29, 0.717) is 24.5 Å². The topological polar surface area (TPSA) is 107 Å². The number of hydrogen-bond acceptors (Lipinski definition) is 4. The van der Waals surface area contributed by atoms with Crippen LogP contribution in [0.2, 0.25) is 0 Å². The van der Waals surface area contributed by atoms with Gasteiger partial charge in [0.1, 0.15) is 0 Å². The van der Waals surface area contributed by atoms with E-state index in [2.05, 4.69) is 5.32 Å². The van der Waals surface area contributed by atoms with Crippen LogP contribution in [-0.4, -0.2) is 31.1 Å². The smallest absolute Gasteiger partial charge is 0.251 e. The minimum atomic E-state index is -0.604. The van der Waals surface area contributed by atoms with Crippen LogP contribution in [0, 0.1) is 0 Å². The Balaban J connectivity index is 2.11. The zero-order valence-corrected chi connectivity index (χ0v) is 10.5. The van der Waals surface area contributed by atoms with Crippen LogP contribution < -0.4 is 16.8 Å². The Morgan fingerprint density at radius 1 is 1.16 bits per heavy atom. The lowest BCUT2D eigenvalue weighted by Gasteiger charge is -2.23. The highest BCUT2D eigenvalue weighted by Crippen LogP contribution is 2.13. The first-order valence-corrected chi connectivity index (χ1v) is 6.15. The van der Waals surface area contributed by atoms with Crippen molar-refractivity contribution in [2.24, 2.45) is 5.73 Å². The van der Waals surface area contributed by atoms with E-state index in [-0.39, 0.29) is 17.5 Å². The summed E-state index contributed by atoms with van der Waals surface area (Å²) in [7, 11) is 0. The van der Waals surface area contributed by atoms with Crippen molar-refractivity contribution in [2.75, 3.05) is 18.9 Å². The first-order valence-electron chi connectivity index (χ1n) is 6.15. The average Bonchev–Trinajstić information content (AvgIpc) is 2.39. The molecule has 1 heterocycles. The van der Waals surface area contributed by atoms with Crippen molar-refractivity contribution >= 4 is 17.5 Å². The minimum absolute atomic E-state index is 0.0970. The number of carbonyl (C=O) groups is 2. The van der Waals surface area contributed by atoms with Crippen LogP contribution in [0.15, 0.2) is 18.2 Å². The summed E-state index contributed by atoms with van der Waals surface area (Å²) in [6.45, 7) is 1.29. The fourth-order valence-corrected chi connectivity index (χ4v) is 2.04. The van der Waals surface area contributed by atoms with Gasteiger partial charge in [-0.05, 0) is 31.0 Å². The van der Waals surface area contributed by atoms with Crippen molar-refractivity contribution in [3.63, 3.8) is 0 Å². The highest BCUT2D eigenvalue weighted by Gasteiger charge is 2.18. The Hall–Kier alpha value is -2.08. The molecule has 1 saturated heterocycles. The van der Waals surface area contributed by atoms with Gasteiger partial charge in [0.05, 0.1) is 0 Å². The van der Waals surface area contributed by atoms with Crippen LogP contribution in [-0.2, 0) is 4.74 Å². The molecule has 1 fully saturated rings. The third-order valence-corrected chi connectivity index (χ3v) is 3.06. The van der Waals surface area contributed by atoms with Crippen LogP contribution in [0.3, 0.4) is 0 Å². The number of anilines is 1. The van der Waals surface area contributed by atoms with Crippen LogP contribution >= 0.6 is 0 Å². The summed E-state index contributed by atoms with van der Waals surface area (Å²) in [6.07, 6.45) is 1.58. The van der Waals surface area contributed by atoms with Crippen molar-refractivity contribution in [1.29, 1.82) is 0 Å². The molecule has 19 heavy (non-hydrogen) atoms. The van der Waals surface area contributed by atoms with E-state index in [4.69, 9.17) is 16.2 Å². The van der Waals surface area contributed by atoms with Gasteiger partial charge in [0.25, 0.3) is 5.91 Å². The highest BCUT2D eigenvalue weighted by molar-refractivity contribution is 6.00. The van der Waals surface area contributed by atoms with Gasteiger partial charge in [-0.1, -0.05) is 0 Å². The molecule has 1 aliphatic rings. The number of carbonyl (C=O) groups excluding carboxylic acids is 2. The number of nitrogens with one attached hydrogen (secondary N) is 1. The monoisotopic (exact) mass is 263 g/mol. The predicted octanol–water partition coefficient (Wildman–Crippen LogP) is 0.276. The quantitative estimate of drug-likeness (QED) is 0.680. The van der Waals surface area contributed by atoms with E-state index in [1.54, 1.807) is 0 Å². The fourth-order valence-electron chi connectivity index (χ4n) is 2.04. The van der Waals surface area contributed by atoms with Gasteiger partial charge in [-0.3, -0.25) is 9.59 Å². The van der Waals surface area contributed by atoms with Crippen LogP contribution in [0.4, 0.5) is 5.69 Å². The normalized spacial score (nSPS) is 16.0. The minimum Gasteiger partial charge on any atom is -0.399 e. The summed E-state index contributed by atoms with van der Waals surface area (Å²) in [5.41, 5.74) is 11.8. The number of ether oxygens (including phenoxy) is 1. The highest BCUT2D eigenvalue weighted by atomic mass is 16.5. The van der Waals surface area contributed by atoms with E-state index in [1.165, 1.54) is 18.2 Å². The zero-order valence-electron chi connectivity index (χ0n) is 10.5. The van der Waals surface area contributed by atoms with Crippen LogP contribution in [0.25, 0.3) is 0 Å². The van der Waals surface area contributed by atoms with Gasteiger partial charge >= 0.3 is 0 Å². The summed E-state index contributed by atoms with van der Waals surface area (Å²) in [6, 6.07) is 4.53. The summed E-state index contributed by atoms with van der Waals surface area (Å²) >= 11 is 0. The number of rotatable bonds is 3. The zero-order chi connectivity index (χ0) is 13.8. The number of benzene rings is 1. The molecule has 5 N–H and O–H groups in total. The fraction of sp³-hybridized carbons (Fsp3) is 0.385. The summed E-state index contributed by atoms with van der Waals surface area (Å²) in [5, 5.41) is 2.90. The van der Waals surface area contributed by atoms with Crippen molar-refractivity contribution < 1.29 is 14.3 Å². The largest absolute Gasteiger partial charge is 0.399 e. The molecule has 0 aliphatic carbocycles. The Kier molecular flexibility index (Phi) is 4.01. The molecule has 0 bridgehead atoms. The molecule has 0 spiro atoms. The van der Waals surface area contributed by atoms with Gasteiger partial charge in [-0.15, -0.1) is 0 Å². The van der Waals surface area contributed by atoms with Crippen molar-refractivity contribution in [1.82, 2.24) is 5.32 Å². The molecule has 1 aromatic carbocycles. The number of hydrogen-bond donors (Lipinski definition) is 3. The molecule has 0 unspecified atom stereocenters. The molecule has 102 valence electrons. The van der Waals surface area contributed by atoms with Gasteiger partial charge in [0.15, 0.2) is 0 Å². The molecule has 0 radical (unpaired) electrons. The second kappa shape index (κ2) is 5.71. The van der Waals surface area contributed by atoms with Crippen molar-refractivity contribution in [3.05, 3.63) is 29.3 Å². The van der Waals surface area contributed by atoms with Crippen molar-refractivity contribution in [2.45, 2.75) is 18.9 Å². The van der Waals surface area contributed by atoms with Gasteiger partial charge in [-0.2, -0.15) is 0 Å². The molecule has 0 aromatic heterocycles. The molecule has 2 amide bonds. The van der Waals surface area contributed by atoms with Crippen LogP contribution in [0.5, 0.6) is 0 Å². The number of nitrogens with two attached hydrogens (primary N) is 2. The first-order chi connectivity index (χ1) is 9.06. The van der Waals surface area contributed by atoms with E-state index >= 15 is 0 Å². The average molecular weight is 263 g/mol. The molecule has 0 atom stereocenters. The second-order valence-corrected chi connectivity index (χ2v) is 4.57. The molecular weight excluding hydrogens is 246 g/mol. The molecular formula is C13H17N3O3. The first kappa shape index (κ1) is 13.4. The van der Waals surface area contributed by atoms with Gasteiger partial charge in [-0.25, -0.2) is 0 Å². The molecule has 1 aliphatic heterocycles. The summed E-state index contributed by atoms with van der Waals surface area (Å²) in [4.78, 5) is 23.2. The van der Waals surface area contributed by atoms with E-state index in [9.17, 15) is 9.59 Å². The van der Waals surface area contributed by atoms with Crippen LogP contribution in [0.1, 0.15) is 33.6 Å². The number of primary amides is 1. The molecule has 0 saturated carbocycles. The van der Waals surface area contributed by atoms with Gasteiger partial charge < -0.3 is 21.5 Å². The third kappa shape index (κ3) is 3.45. The molecule has 1 aromatic rings. The lowest BCUT2D eigenvalue weighted by atomic mass is 10.1. The Labute approximate surface area is 111 Å². The second-order valence-electron chi connectivity index (χ2n) is 4.57. The maximum Gasteiger partial charge on any atom is 0.251 e. The predicted molar refractivity (Wildman–Crippen MR) is 70.7 cm³/mol. The van der Waals surface area contributed by atoms with Crippen molar-refractivity contribution in [3.8, 4) is 0 Å². The standard InChI is InChI=1S/C13H17N3O3/c14-10-6-8(12(15)17)5-9(7-10)13(18)16-11-1-3-19-4-2-11/h5-7,11H,1-4,14H2,(H2,15,17)(H,16,18). The Morgan fingerprint density at radius 3 is 2.42 bits per heavy atom. The number of amides is 2. The Morgan fingerprint density at radius 2 is 1.79 bits per heavy atom. The Bertz CT molecular complexity index is 496. The summed E-state index contributed by atoms with van der Waals surface area (Å²) in [5.74, 6) is -0.853. The van der Waals surface area contributed by atoms with Gasteiger partial charge in [0, 0.05) is 36.1 Å². The summed E-state index contributed by atoms with van der Waals surface area (Å²) < 4.78 is 5.22. The van der Waals surface area contributed by atoms with E-state index in [0.717, 1.165) is 12.8 Å². The molecule has 6 heteroatoms. The molecule has 6 nitrogen and oxygen atoms in total.